The zero-order valence-corrected chi connectivity index (χ0v) is 19.6. The van der Waals surface area contributed by atoms with Gasteiger partial charge in [0.1, 0.15) is 24.0 Å². The first-order valence-corrected chi connectivity index (χ1v) is 12.2. The van der Waals surface area contributed by atoms with Gasteiger partial charge in [0.25, 0.3) is 0 Å². The van der Waals surface area contributed by atoms with Gasteiger partial charge in [-0.05, 0) is 49.6 Å². The van der Waals surface area contributed by atoms with Crippen molar-refractivity contribution in [3.63, 3.8) is 0 Å². The number of benzene rings is 2. The topological polar surface area (TPSA) is 29.9 Å². The molecule has 1 aliphatic rings. The number of hydrogen-bond donors (Lipinski definition) is 0. The molecule has 0 bridgehead atoms. The van der Waals surface area contributed by atoms with Crippen molar-refractivity contribution in [2.24, 2.45) is 7.05 Å². The highest BCUT2D eigenvalue weighted by molar-refractivity contribution is 6.13. The molecule has 170 valence electrons. The molecule has 0 N–H and O–H groups in total. The van der Waals surface area contributed by atoms with E-state index < -0.39 is 0 Å². The molecule has 34 heavy (non-hydrogen) atoms. The Labute approximate surface area is 198 Å². The zero-order valence-electron chi connectivity index (χ0n) is 19.6. The molecule has 3 aromatic heterocycles. The number of halogens is 1. The van der Waals surface area contributed by atoms with Crippen LogP contribution in [0.5, 0.6) is 0 Å². The van der Waals surface area contributed by atoms with E-state index >= 15 is 4.39 Å². The molecular formula is C30H28FN2O+. The lowest BCUT2D eigenvalue weighted by Gasteiger charge is -2.21. The number of hydrogen-bond acceptors (Lipinski definition) is 2. The summed E-state index contributed by atoms with van der Waals surface area (Å²) in [7, 11) is 2.03. The SMILES string of the molecule is Cc1ccc2c(oc3c(-c4ccc(C5CCCCC5)nc4)c(F)ccc32)c1-c1cccc[n+]1C. The van der Waals surface area contributed by atoms with Gasteiger partial charge in [-0.1, -0.05) is 37.5 Å². The summed E-state index contributed by atoms with van der Waals surface area (Å²) in [6, 6.07) is 17.8. The molecule has 3 heterocycles. The van der Waals surface area contributed by atoms with Crippen LogP contribution in [-0.2, 0) is 7.05 Å². The van der Waals surface area contributed by atoms with Crippen LogP contribution in [0.4, 0.5) is 4.39 Å². The standard InChI is InChI=1S/C30H28FN2O/c1-19-11-13-22-23-14-15-24(31)28(21-12-16-25(32-18-21)20-8-4-3-5-9-20)30(23)34-29(22)27(19)26-10-6-7-17-33(26)2/h6-7,10-18,20H,3-5,8-9H2,1-2H3/q+1. The van der Waals surface area contributed by atoms with E-state index in [4.69, 9.17) is 9.40 Å². The molecule has 5 aromatic rings. The van der Waals surface area contributed by atoms with E-state index in [2.05, 4.69) is 35.8 Å². The number of nitrogens with zero attached hydrogens (tertiary/aromatic N) is 2. The Hall–Kier alpha value is -3.53. The summed E-state index contributed by atoms with van der Waals surface area (Å²) < 4.78 is 23.9. The van der Waals surface area contributed by atoms with E-state index in [0.29, 0.717) is 17.1 Å². The van der Waals surface area contributed by atoms with Crippen molar-refractivity contribution in [1.82, 2.24) is 4.98 Å². The van der Waals surface area contributed by atoms with Crippen LogP contribution in [0, 0.1) is 12.7 Å². The van der Waals surface area contributed by atoms with Crippen LogP contribution in [0.3, 0.4) is 0 Å². The monoisotopic (exact) mass is 451 g/mol. The number of fused-ring (bicyclic) bond motifs is 3. The number of aromatic nitrogens is 2. The van der Waals surface area contributed by atoms with Gasteiger partial charge in [-0.2, -0.15) is 0 Å². The second-order valence-corrected chi connectivity index (χ2v) is 9.54. The van der Waals surface area contributed by atoms with E-state index in [0.717, 1.165) is 44.4 Å². The second kappa shape index (κ2) is 8.35. The molecule has 0 radical (unpaired) electrons. The highest BCUT2D eigenvalue weighted by atomic mass is 19.1. The van der Waals surface area contributed by atoms with Crippen LogP contribution in [0.1, 0.15) is 49.3 Å². The molecule has 1 saturated carbocycles. The van der Waals surface area contributed by atoms with Gasteiger partial charge in [-0.3, -0.25) is 4.98 Å². The molecule has 4 heteroatoms. The van der Waals surface area contributed by atoms with Crippen molar-refractivity contribution < 1.29 is 13.4 Å². The van der Waals surface area contributed by atoms with E-state index in [-0.39, 0.29) is 5.82 Å². The first-order chi connectivity index (χ1) is 16.6. The lowest BCUT2D eigenvalue weighted by molar-refractivity contribution is -0.660. The number of aryl methyl sites for hydroxylation is 2. The predicted molar refractivity (Wildman–Crippen MR) is 134 cm³/mol. The third-order valence-corrected chi connectivity index (χ3v) is 7.38. The second-order valence-electron chi connectivity index (χ2n) is 9.54. The molecular weight excluding hydrogens is 423 g/mol. The van der Waals surface area contributed by atoms with Gasteiger partial charge >= 0.3 is 0 Å². The van der Waals surface area contributed by atoms with E-state index in [1.54, 1.807) is 6.07 Å². The molecule has 6 rings (SSSR count). The van der Waals surface area contributed by atoms with Crippen molar-refractivity contribution in [2.75, 3.05) is 0 Å². The highest BCUT2D eigenvalue weighted by Gasteiger charge is 2.23. The summed E-state index contributed by atoms with van der Waals surface area (Å²) in [5, 5.41) is 1.91. The summed E-state index contributed by atoms with van der Waals surface area (Å²) in [5.74, 6) is 0.231. The fraction of sp³-hybridized carbons (Fsp3) is 0.267. The molecule has 2 aromatic carbocycles. The highest BCUT2D eigenvalue weighted by Crippen LogP contribution is 2.41. The van der Waals surface area contributed by atoms with Gasteiger partial charge in [0.15, 0.2) is 6.20 Å². The van der Waals surface area contributed by atoms with Crippen molar-refractivity contribution >= 4 is 21.9 Å². The zero-order chi connectivity index (χ0) is 23.2. The maximum absolute atomic E-state index is 15.3. The molecule has 1 fully saturated rings. The Bertz CT molecular complexity index is 1510. The Balaban J connectivity index is 1.54. The lowest BCUT2D eigenvalue weighted by atomic mass is 9.86. The normalized spacial score (nSPS) is 14.8. The third-order valence-electron chi connectivity index (χ3n) is 7.38. The summed E-state index contributed by atoms with van der Waals surface area (Å²) >= 11 is 0. The molecule has 0 atom stereocenters. The fourth-order valence-corrected chi connectivity index (χ4v) is 5.54. The van der Waals surface area contributed by atoms with Gasteiger partial charge in [0.2, 0.25) is 5.69 Å². The number of pyridine rings is 2. The summed E-state index contributed by atoms with van der Waals surface area (Å²) in [6.07, 6.45) is 10.1. The largest absolute Gasteiger partial charge is 0.454 e. The van der Waals surface area contributed by atoms with Crippen LogP contribution in [0.2, 0.25) is 0 Å². The average molecular weight is 452 g/mol. The maximum atomic E-state index is 15.3. The number of rotatable bonds is 3. The molecule has 1 aliphatic carbocycles. The van der Waals surface area contributed by atoms with E-state index in [1.165, 1.54) is 32.1 Å². The van der Waals surface area contributed by atoms with Gasteiger partial charge < -0.3 is 4.42 Å². The van der Waals surface area contributed by atoms with Crippen molar-refractivity contribution in [3.8, 4) is 22.4 Å². The summed E-state index contributed by atoms with van der Waals surface area (Å²) in [6.45, 7) is 2.09. The van der Waals surface area contributed by atoms with Gasteiger partial charge in [0.05, 0.1) is 11.1 Å². The Morgan fingerprint density at radius 2 is 1.65 bits per heavy atom. The van der Waals surface area contributed by atoms with Gasteiger partial charge in [-0.15, -0.1) is 0 Å². The average Bonchev–Trinajstić information content (AvgIpc) is 3.24. The number of furan rings is 1. The van der Waals surface area contributed by atoms with Crippen LogP contribution < -0.4 is 4.57 Å². The van der Waals surface area contributed by atoms with Gasteiger partial charge in [-0.25, -0.2) is 8.96 Å². The molecule has 0 saturated heterocycles. The maximum Gasteiger partial charge on any atom is 0.216 e. The quantitative estimate of drug-likeness (QED) is 0.264. The van der Waals surface area contributed by atoms with E-state index in [1.807, 2.05) is 43.7 Å². The minimum absolute atomic E-state index is 0.290. The summed E-state index contributed by atoms with van der Waals surface area (Å²) in [4.78, 5) is 4.76. The minimum Gasteiger partial charge on any atom is -0.454 e. The van der Waals surface area contributed by atoms with Crippen molar-refractivity contribution in [1.29, 1.82) is 0 Å². The molecule has 0 amide bonds. The Morgan fingerprint density at radius 1 is 0.882 bits per heavy atom. The van der Waals surface area contributed by atoms with Crippen molar-refractivity contribution in [2.45, 2.75) is 44.9 Å². The van der Waals surface area contributed by atoms with Crippen LogP contribution >= 0.6 is 0 Å². The first kappa shape index (κ1) is 21.0. The summed E-state index contributed by atoms with van der Waals surface area (Å²) in [5.41, 5.74) is 6.94. The fourth-order valence-electron chi connectivity index (χ4n) is 5.54. The van der Waals surface area contributed by atoms with Crippen LogP contribution in [0.15, 0.2) is 71.4 Å². The Kier molecular flexibility index (Phi) is 5.17. The Morgan fingerprint density at radius 3 is 2.38 bits per heavy atom. The molecule has 0 aliphatic heterocycles. The van der Waals surface area contributed by atoms with Crippen molar-refractivity contribution in [3.05, 3.63) is 84.1 Å². The van der Waals surface area contributed by atoms with Crippen LogP contribution in [0.25, 0.3) is 44.3 Å². The predicted octanol–water partition coefficient (Wildman–Crippen LogP) is 7.63. The van der Waals surface area contributed by atoms with Crippen LogP contribution in [-0.4, -0.2) is 4.98 Å². The third kappa shape index (κ3) is 3.40. The van der Waals surface area contributed by atoms with Gasteiger partial charge in [0, 0.05) is 46.3 Å². The van der Waals surface area contributed by atoms with E-state index in [9.17, 15) is 0 Å². The molecule has 0 spiro atoms. The lowest BCUT2D eigenvalue weighted by Crippen LogP contribution is -2.30. The smallest absolute Gasteiger partial charge is 0.216 e. The first-order valence-electron chi connectivity index (χ1n) is 12.2. The molecule has 0 unspecified atom stereocenters. The molecule has 3 nitrogen and oxygen atoms in total. The minimum atomic E-state index is -0.290.